The van der Waals surface area contributed by atoms with Crippen LogP contribution in [-0.4, -0.2) is 316 Å². The van der Waals surface area contributed by atoms with Crippen molar-refractivity contribution in [2.24, 2.45) is 0 Å². The van der Waals surface area contributed by atoms with E-state index in [1.54, 1.807) is 62.3 Å². The van der Waals surface area contributed by atoms with Crippen LogP contribution in [0.2, 0.25) is 0 Å². The van der Waals surface area contributed by atoms with Crippen molar-refractivity contribution in [3.63, 3.8) is 0 Å². The predicted molar refractivity (Wildman–Crippen MR) is 254 cm³/mol. The number of hydrogen-bond donors (Lipinski definition) is 16. The summed E-state index contributed by atoms with van der Waals surface area (Å²) in [6.07, 6.45) is -48.9. The summed E-state index contributed by atoms with van der Waals surface area (Å²) in [4.78, 5) is 0. The van der Waals surface area contributed by atoms with E-state index < -0.39 is 241 Å². The third-order valence-electron chi connectivity index (χ3n) is 13.7. The lowest BCUT2D eigenvalue weighted by atomic mass is 9.95. The Hall–Kier alpha value is -1.20. The number of aliphatic hydroxyl groups excluding tert-OH is 16. The van der Waals surface area contributed by atoms with Crippen LogP contribution < -0.4 is 0 Å². The highest BCUT2D eigenvalue weighted by molar-refractivity contribution is 4.99. The zero-order valence-corrected chi connectivity index (χ0v) is 45.1. The van der Waals surface area contributed by atoms with E-state index in [1.807, 2.05) is 0 Å². The van der Waals surface area contributed by atoms with Crippen LogP contribution >= 0.6 is 0 Å². The largest absolute Gasteiger partial charge is 0.394 e. The van der Waals surface area contributed by atoms with Crippen LogP contribution in [0.1, 0.15) is 68.7 Å². The van der Waals surface area contributed by atoms with Crippen LogP contribution in [0.15, 0.2) is 0 Å². The van der Waals surface area contributed by atoms with E-state index in [9.17, 15) is 81.7 Å². The topological polar surface area (TPSA) is 453 Å². The van der Waals surface area contributed by atoms with E-state index in [4.69, 9.17) is 66.3 Å². The van der Waals surface area contributed by atoms with Crippen LogP contribution in [-0.2, 0) is 66.3 Å². The summed E-state index contributed by atoms with van der Waals surface area (Å²) in [5.41, 5.74) is -2.57. The summed E-state index contributed by atoms with van der Waals surface area (Å²) >= 11 is 0. The molecule has 0 aromatic carbocycles. The second kappa shape index (κ2) is 27.2. The Morgan fingerprint density at radius 1 is 0.321 bits per heavy atom. The number of hydrogen-bond acceptors (Lipinski definition) is 30. The van der Waals surface area contributed by atoms with Gasteiger partial charge in [0.25, 0.3) is 0 Å². The van der Waals surface area contributed by atoms with Crippen molar-refractivity contribution in [3.05, 3.63) is 0 Å². The second-order valence-electron chi connectivity index (χ2n) is 23.3. The van der Waals surface area contributed by atoms with Crippen LogP contribution in [0.25, 0.3) is 0 Å². The number of ether oxygens (including phenoxy) is 14. The zero-order valence-electron chi connectivity index (χ0n) is 45.1. The van der Waals surface area contributed by atoms with Crippen molar-refractivity contribution < 1.29 is 148 Å². The van der Waals surface area contributed by atoms with Gasteiger partial charge in [-0.25, -0.2) is 0 Å². The van der Waals surface area contributed by atoms with Crippen molar-refractivity contribution in [2.45, 2.75) is 264 Å². The highest BCUT2D eigenvalue weighted by atomic mass is 16.8. The third-order valence-corrected chi connectivity index (χ3v) is 13.7. The Labute approximate surface area is 450 Å². The molecule has 30 nitrogen and oxygen atoms in total. The van der Waals surface area contributed by atoms with E-state index in [-0.39, 0.29) is 0 Å². The smallest absolute Gasteiger partial charge is 0.187 e. The molecule has 0 aromatic heterocycles. The standard InChI is InChI=1S/C48H86O30/c1-46(2,3)76-39-21(14-52)69-42(32(62)28(39)58)73-35-17(54)10-24(72-36-18(11-49)71-45(34(64)27(36)57)78-48(7,8)9)66-23(35)16-65-41-30(60)25(55)37(19(12-50)67-41)74-43-31(61)26(56)38(20(13-51)68-43)75-44-33(63)29(59)40(22(15-53)70-44)77-47(4,5)6/h17-45,49-64H,10-16H2,1-9H3. The first kappa shape index (κ1) is 65.9. The minimum Gasteiger partial charge on any atom is -0.394 e. The van der Waals surface area contributed by atoms with Crippen LogP contribution in [0.5, 0.6) is 0 Å². The molecule has 78 heavy (non-hydrogen) atoms. The first-order chi connectivity index (χ1) is 36.3. The molecule has 0 aromatic rings. The normalized spacial score (nSPS) is 47.3. The van der Waals surface area contributed by atoms with Gasteiger partial charge in [0, 0.05) is 6.42 Å². The lowest BCUT2D eigenvalue weighted by molar-refractivity contribution is -0.386. The molecule has 6 saturated heterocycles. The molecule has 6 aliphatic heterocycles. The molecule has 458 valence electrons. The number of rotatable bonds is 19. The lowest BCUT2D eigenvalue weighted by Gasteiger charge is -2.49. The average molecular weight is 1140 g/mol. The molecule has 0 bridgehead atoms. The summed E-state index contributed by atoms with van der Waals surface area (Å²) in [7, 11) is 0. The van der Waals surface area contributed by atoms with Gasteiger partial charge in [0.2, 0.25) is 0 Å². The van der Waals surface area contributed by atoms with Gasteiger partial charge in [-0.05, 0) is 62.3 Å². The highest BCUT2D eigenvalue weighted by Gasteiger charge is 2.56. The molecule has 6 aliphatic rings. The van der Waals surface area contributed by atoms with Crippen LogP contribution in [0, 0.1) is 0 Å². The fraction of sp³-hybridized carbons (Fsp3) is 1.00. The summed E-state index contributed by atoms with van der Waals surface area (Å²) < 4.78 is 82.0. The zero-order chi connectivity index (χ0) is 58.1. The Kier molecular flexibility index (Phi) is 23.0. The van der Waals surface area contributed by atoms with E-state index >= 15 is 0 Å². The molecule has 30 heteroatoms. The first-order valence-corrected chi connectivity index (χ1v) is 26.1. The molecule has 0 radical (unpaired) electrons. The fourth-order valence-corrected chi connectivity index (χ4v) is 9.93. The van der Waals surface area contributed by atoms with Gasteiger partial charge in [0.15, 0.2) is 37.7 Å². The molecule has 0 amide bonds. The molecular formula is C48H86O30. The fourth-order valence-electron chi connectivity index (χ4n) is 9.93. The quantitative estimate of drug-likeness (QED) is 0.0571. The summed E-state index contributed by atoms with van der Waals surface area (Å²) in [6, 6.07) is 0. The van der Waals surface area contributed by atoms with Crippen molar-refractivity contribution in [2.75, 3.05) is 39.6 Å². The van der Waals surface area contributed by atoms with Gasteiger partial charge in [-0.3, -0.25) is 0 Å². The van der Waals surface area contributed by atoms with Crippen LogP contribution in [0.4, 0.5) is 0 Å². The number of aliphatic hydroxyl groups is 16. The van der Waals surface area contributed by atoms with Crippen molar-refractivity contribution in [1.29, 1.82) is 0 Å². The Morgan fingerprint density at radius 2 is 0.615 bits per heavy atom. The average Bonchev–Trinajstić information content (AvgIpc) is 3.36. The van der Waals surface area contributed by atoms with Crippen molar-refractivity contribution >= 4 is 0 Å². The molecule has 6 fully saturated rings. The van der Waals surface area contributed by atoms with Gasteiger partial charge in [-0.1, -0.05) is 0 Å². The minimum atomic E-state index is -2.08. The monoisotopic (exact) mass is 1140 g/mol. The Balaban J connectivity index is 1.16. The molecule has 16 N–H and O–H groups in total. The second-order valence-corrected chi connectivity index (χ2v) is 23.3. The van der Waals surface area contributed by atoms with Crippen LogP contribution in [0.3, 0.4) is 0 Å². The predicted octanol–water partition coefficient (Wildman–Crippen LogP) is -7.60. The maximum atomic E-state index is 11.7. The summed E-state index contributed by atoms with van der Waals surface area (Å²) in [5, 5.41) is 175. The van der Waals surface area contributed by atoms with Gasteiger partial charge in [-0.15, -0.1) is 0 Å². The molecule has 0 aliphatic carbocycles. The maximum absolute atomic E-state index is 11.7. The van der Waals surface area contributed by atoms with Gasteiger partial charge < -0.3 is 148 Å². The maximum Gasteiger partial charge on any atom is 0.187 e. The molecular weight excluding hydrogens is 1060 g/mol. The lowest BCUT2D eigenvalue weighted by Crippen LogP contribution is -2.67. The molecule has 0 spiro atoms. The van der Waals surface area contributed by atoms with E-state index in [2.05, 4.69) is 0 Å². The van der Waals surface area contributed by atoms with Gasteiger partial charge in [0.05, 0.1) is 62.5 Å². The van der Waals surface area contributed by atoms with Gasteiger partial charge >= 0.3 is 0 Å². The van der Waals surface area contributed by atoms with Crippen molar-refractivity contribution in [3.8, 4) is 0 Å². The van der Waals surface area contributed by atoms with Crippen molar-refractivity contribution in [1.82, 2.24) is 0 Å². The van der Waals surface area contributed by atoms with E-state index in [0.717, 1.165) is 0 Å². The van der Waals surface area contributed by atoms with Gasteiger partial charge in [-0.2, -0.15) is 0 Å². The third kappa shape index (κ3) is 15.8. The summed E-state index contributed by atoms with van der Waals surface area (Å²) in [6.45, 7) is 10.3. The SMILES string of the molecule is CC(C)(C)OC1OC(CO)C(OC2CC(O)C(OC3OC(CO)C(OC(C)(C)C)C(O)C3O)C(COC3OC(CO)C(OC4OC(CO)C(OC5OC(CO)C(OC(C)(C)C)C(O)C5O)C(O)C4O)C(O)C3O)O2)C(O)C1O. The molecule has 6 heterocycles. The minimum absolute atomic E-state index is 0.469. The molecule has 0 saturated carbocycles. The van der Waals surface area contributed by atoms with Gasteiger partial charge in [0.1, 0.15) is 134 Å². The van der Waals surface area contributed by atoms with E-state index in [0.29, 0.717) is 0 Å². The highest BCUT2D eigenvalue weighted by Crippen LogP contribution is 2.37. The molecule has 29 unspecified atom stereocenters. The molecule has 6 rings (SSSR count). The first-order valence-electron chi connectivity index (χ1n) is 26.1. The summed E-state index contributed by atoms with van der Waals surface area (Å²) in [5.74, 6) is 0. The Bertz CT molecular complexity index is 1790. The Morgan fingerprint density at radius 3 is 0.987 bits per heavy atom. The van der Waals surface area contributed by atoms with E-state index in [1.165, 1.54) is 0 Å². The molecule has 29 atom stereocenters.